The van der Waals surface area contributed by atoms with Crippen LogP contribution in [0, 0.1) is 0 Å². The van der Waals surface area contributed by atoms with Gasteiger partial charge in [-0.2, -0.15) is 0 Å². The predicted octanol–water partition coefficient (Wildman–Crippen LogP) is 7.56. The van der Waals surface area contributed by atoms with Crippen LogP contribution in [0.4, 0.5) is 0 Å². The van der Waals surface area contributed by atoms with Crippen molar-refractivity contribution in [3.8, 4) is 0 Å². The van der Waals surface area contributed by atoms with Crippen molar-refractivity contribution in [2.45, 2.75) is 59.3 Å². The fourth-order valence-corrected chi connectivity index (χ4v) is 3.35. The number of allylic oxidation sites excluding steroid dienone is 2. The van der Waals surface area contributed by atoms with Gasteiger partial charge in [-0.25, -0.2) is 0 Å². The van der Waals surface area contributed by atoms with E-state index < -0.39 is 0 Å². The van der Waals surface area contributed by atoms with Gasteiger partial charge in [0.1, 0.15) is 0 Å². The molecule has 0 amide bonds. The summed E-state index contributed by atoms with van der Waals surface area (Å²) in [5.74, 6) is 0. The van der Waals surface area contributed by atoms with Gasteiger partial charge < -0.3 is 0 Å². The molecule has 0 saturated carbocycles. The monoisotopic (exact) mass is 373 g/mol. The van der Waals surface area contributed by atoms with Crippen LogP contribution in [-0.4, -0.2) is 12.3 Å². The van der Waals surface area contributed by atoms with E-state index in [9.17, 15) is 0 Å². The van der Waals surface area contributed by atoms with E-state index in [2.05, 4.69) is 82.5 Å². The van der Waals surface area contributed by atoms with Crippen LogP contribution in [0.5, 0.6) is 0 Å². The number of nitrogens with zero attached hydrogens (tertiary/aromatic N) is 1. The smallest absolute Gasteiger partial charge is 0.0388 e. The maximum absolute atomic E-state index is 4.77. The summed E-state index contributed by atoms with van der Waals surface area (Å²) in [5, 5.41) is 0. The largest absolute Gasteiger partial charge is 0.294 e. The molecule has 0 unspecified atom stereocenters. The lowest BCUT2D eigenvalue weighted by Crippen LogP contribution is -2.00. The molecule has 2 aromatic carbocycles. The number of rotatable bonds is 11. The van der Waals surface area contributed by atoms with Crippen LogP contribution in [0.1, 0.15) is 68.7 Å². The second-order valence-corrected chi connectivity index (χ2v) is 7.92. The molecule has 148 valence electrons. The Morgan fingerprint density at radius 3 is 1.96 bits per heavy atom. The number of aliphatic imine (C=N–C) groups is 1. The molecule has 2 rings (SSSR count). The summed E-state index contributed by atoms with van der Waals surface area (Å²) in [6, 6.07) is 17.4. The summed E-state index contributed by atoms with van der Waals surface area (Å²) >= 11 is 0. The van der Waals surface area contributed by atoms with Crippen molar-refractivity contribution >= 4 is 16.9 Å². The molecule has 0 fully saturated rings. The molecule has 28 heavy (non-hydrogen) atoms. The van der Waals surface area contributed by atoms with Gasteiger partial charge >= 0.3 is 0 Å². The maximum atomic E-state index is 4.77. The zero-order valence-corrected chi connectivity index (χ0v) is 17.9. The molecule has 0 atom stereocenters. The van der Waals surface area contributed by atoms with Crippen LogP contribution < -0.4 is 0 Å². The van der Waals surface area contributed by atoms with Crippen LogP contribution in [0.15, 0.2) is 66.7 Å². The Labute approximate surface area is 171 Å². The second-order valence-electron chi connectivity index (χ2n) is 7.92. The summed E-state index contributed by atoms with van der Waals surface area (Å²) in [7, 11) is 0. The van der Waals surface area contributed by atoms with Gasteiger partial charge in [0.25, 0.3) is 0 Å². The average Bonchev–Trinajstić information content (AvgIpc) is 2.67. The van der Waals surface area contributed by atoms with Crippen molar-refractivity contribution in [3.05, 3.63) is 83.9 Å². The minimum absolute atomic E-state index is 0.931. The highest BCUT2D eigenvalue weighted by atomic mass is 14.7. The van der Waals surface area contributed by atoms with E-state index in [1.54, 1.807) is 0 Å². The van der Waals surface area contributed by atoms with Crippen molar-refractivity contribution in [1.29, 1.82) is 0 Å². The minimum Gasteiger partial charge on any atom is -0.294 e. The third kappa shape index (κ3) is 7.68. The summed E-state index contributed by atoms with van der Waals surface area (Å²) in [5.41, 5.74) is 8.69. The van der Waals surface area contributed by atoms with Crippen LogP contribution >= 0.6 is 0 Å². The highest BCUT2D eigenvalue weighted by Crippen LogP contribution is 2.16. The molecule has 0 aromatic heterocycles. The van der Waals surface area contributed by atoms with Crippen LogP contribution in [0.25, 0.3) is 11.1 Å². The Morgan fingerprint density at radius 2 is 1.32 bits per heavy atom. The van der Waals surface area contributed by atoms with Crippen molar-refractivity contribution in [3.63, 3.8) is 0 Å². The van der Waals surface area contributed by atoms with Crippen molar-refractivity contribution in [1.82, 2.24) is 0 Å². The number of unbranched alkanes of at least 4 members (excludes halogenated alkanes) is 3. The van der Waals surface area contributed by atoms with E-state index in [0.717, 1.165) is 30.5 Å². The lowest BCUT2D eigenvalue weighted by atomic mass is 10.0. The van der Waals surface area contributed by atoms with Gasteiger partial charge in [-0.3, -0.25) is 4.99 Å². The van der Waals surface area contributed by atoms with E-state index in [0.29, 0.717) is 0 Å². The Balaban J connectivity index is 1.65. The Hall–Kier alpha value is -2.41. The van der Waals surface area contributed by atoms with Crippen LogP contribution in [0.3, 0.4) is 0 Å². The number of hydrogen-bond acceptors (Lipinski definition) is 1. The molecule has 1 nitrogen and oxygen atoms in total. The Kier molecular flexibility index (Phi) is 8.94. The fraction of sp³-hybridized carbons (Fsp3) is 0.370. The highest BCUT2D eigenvalue weighted by Gasteiger charge is 2.00. The topological polar surface area (TPSA) is 12.4 Å². The SMILES string of the molecule is C=C(C)c1cccc(CCCCCCN=C(C)Cc2cccc(C(=C)C)c2)c1. The molecule has 2 aromatic rings. The first-order valence-corrected chi connectivity index (χ1v) is 10.5. The van der Waals surface area contributed by atoms with E-state index in [4.69, 9.17) is 4.99 Å². The average molecular weight is 374 g/mol. The quantitative estimate of drug-likeness (QED) is 0.285. The van der Waals surface area contributed by atoms with Gasteiger partial charge in [-0.1, -0.05) is 85.7 Å². The van der Waals surface area contributed by atoms with E-state index >= 15 is 0 Å². The van der Waals surface area contributed by atoms with Gasteiger partial charge in [0.2, 0.25) is 0 Å². The third-order valence-corrected chi connectivity index (χ3v) is 5.05. The standard InChI is InChI=1S/C27H35N/c1-21(2)26-15-10-13-24(19-26)12-8-6-7-9-17-28-23(5)18-25-14-11-16-27(20-25)22(3)4/h10-11,13-16,19-20H,1,3,6-9,12,17-18H2,2,4-5H3. The van der Waals surface area contributed by atoms with Gasteiger partial charge in [-0.15, -0.1) is 0 Å². The molecule has 0 saturated heterocycles. The minimum atomic E-state index is 0.931. The number of benzene rings is 2. The lowest BCUT2D eigenvalue weighted by molar-refractivity contribution is 0.647. The molecule has 0 aliphatic rings. The van der Waals surface area contributed by atoms with E-state index in [-0.39, 0.29) is 0 Å². The first kappa shape index (κ1) is 21.9. The molecule has 0 spiro atoms. The Morgan fingerprint density at radius 1 is 0.750 bits per heavy atom. The highest BCUT2D eigenvalue weighted by molar-refractivity contribution is 5.84. The molecule has 0 aliphatic heterocycles. The first-order chi connectivity index (χ1) is 13.5. The predicted molar refractivity (Wildman–Crippen MR) is 126 cm³/mol. The molecule has 0 radical (unpaired) electrons. The normalized spacial score (nSPS) is 11.5. The molecule has 0 N–H and O–H groups in total. The fourth-order valence-electron chi connectivity index (χ4n) is 3.35. The molecule has 0 bridgehead atoms. The van der Waals surface area contributed by atoms with Crippen LogP contribution in [-0.2, 0) is 12.8 Å². The first-order valence-electron chi connectivity index (χ1n) is 10.5. The van der Waals surface area contributed by atoms with Gasteiger partial charge in [0, 0.05) is 18.7 Å². The maximum Gasteiger partial charge on any atom is 0.0388 e. The Bertz CT molecular complexity index is 826. The summed E-state index contributed by atoms with van der Waals surface area (Å²) in [6.45, 7) is 15.3. The molecular formula is C27H35N. The van der Waals surface area contributed by atoms with E-state index in [1.165, 1.54) is 53.6 Å². The number of aryl methyl sites for hydroxylation is 1. The van der Waals surface area contributed by atoms with Crippen molar-refractivity contribution < 1.29 is 0 Å². The lowest BCUT2D eigenvalue weighted by Gasteiger charge is -2.06. The van der Waals surface area contributed by atoms with Crippen molar-refractivity contribution in [2.75, 3.05) is 6.54 Å². The summed E-state index contributed by atoms with van der Waals surface area (Å²) in [4.78, 5) is 4.77. The van der Waals surface area contributed by atoms with E-state index in [1.807, 2.05) is 0 Å². The molecule has 0 aliphatic carbocycles. The molecular weight excluding hydrogens is 338 g/mol. The van der Waals surface area contributed by atoms with Gasteiger partial charge in [0.15, 0.2) is 0 Å². The summed E-state index contributed by atoms with van der Waals surface area (Å²) in [6.07, 6.45) is 7.03. The third-order valence-electron chi connectivity index (χ3n) is 5.05. The van der Waals surface area contributed by atoms with Gasteiger partial charge in [0.05, 0.1) is 0 Å². The molecule has 0 heterocycles. The van der Waals surface area contributed by atoms with Gasteiger partial charge in [-0.05, 0) is 62.3 Å². The summed E-state index contributed by atoms with van der Waals surface area (Å²) < 4.78 is 0. The molecule has 1 heteroatoms. The number of hydrogen-bond donors (Lipinski definition) is 0. The second kappa shape index (κ2) is 11.4. The van der Waals surface area contributed by atoms with Crippen molar-refractivity contribution in [2.24, 2.45) is 4.99 Å². The zero-order valence-electron chi connectivity index (χ0n) is 17.9. The zero-order chi connectivity index (χ0) is 20.4. The van der Waals surface area contributed by atoms with Crippen LogP contribution in [0.2, 0.25) is 0 Å².